The number of pyridine rings is 1. The molecule has 2 aliphatic rings. The van der Waals surface area contributed by atoms with Gasteiger partial charge in [-0.1, -0.05) is 45.0 Å². The number of aryl methyl sites for hydroxylation is 2. The number of benzene rings is 1. The van der Waals surface area contributed by atoms with Crippen LogP contribution in [0.1, 0.15) is 68.0 Å². The van der Waals surface area contributed by atoms with Gasteiger partial charge in [0.2, 0.25) is 5.91 Å². The van der Waals surface area contributed by atoms with Crippen molar-refractivity contribution < 1.29 is 4.79 Å². The van der Waals surface area contributed by atoms with E-state index in [1.54, 1.807) is 0 Å². The average molecular weight is 364 g/mol. The van der Waals surface area contributed by atoms with Gasteiger partial charge in [-0.3, -0.25) is 4.79 Å². The first-order valence-corrected chi connectivity index (χ1v) is 9.86. The van der Waals surface area contributed by atoms with Crippen LogP contribution in [0.5, 0.6) is 0 Å². The SMILES string of the molecule is Cc1cc(N2CC3CC2c2ccccc23)nc(C)c1NC(=O)CC(C)(C)C. The summed E-state index contributed by atoms with van der Waals surface area (Å²) in [5.74, 6) is 1.69. The van der Waals surface area contributed by atoms with Crippen molar-refractivity contribution >= 4 is 17.4 Å². The molecule has 0 saturated carbocycles. The Balaban J connectivity index is 1.58. The number of hydrogen-bond acceptors (Lipinski definition) is 3. The van der Waals surface area contributed by atoms with Crippen LogP contribution in [0.4, 0.5) is 11.5 Å². The molecule has 2 heterocycles. The molecule has 2 unspecified atom stereocenters. The number of rotatable bonds is 3. The highest BCUT2D eigenvalue weighted by molar-refractivity contribution is 5.92. The lowest BCUT2D eigenvalue weighted by Crippen LogP contribution is -2.28. The number of carbonyl (C=O) groups excluding carboxylic acids is 1. The van der Waals surface area contributed by atoms with Gasteiger partial charge in [-0.25, -0.2) is 4.98 Å². The Hall–Kier alpha value is -2.36. The highest BCUT2D eigenvalue weighted by Crippen LogP contribution is 2.51. The van der Waals surface area contributed by atoms with Crippen LogP contribution >= 0.6 is 0 Å². The first-order valence-electron chi connectivity index (χ1n) is 9.86. The summed E-state index contributed by atoms with van der Waals surface area (Å²) in [5.41, 5.74) is 5.77. The molecule has 0 spiro atoms. The molecule has 4 nitrogen and oxygen atoms in total. The molecule has 1 N–H and O–H groups in total. The van der Waals surface area contributed by atoms with Crippen LogP contribution in [0.2, 0.25) is 0 Å². The molecule has 4 rings (SSSR count). The Morgan fingerprint density at radius 1 is 1.22 bits per heavy atom. The zero-order chi connectivity index (χ0) is 19.3. The number of nitrogens with zero attached hydrogens (tertiary/aromatic N) is 2. The van der Waals surface area contributed by atoms with Crippen LogP contribution in [0, 0.1) is 19.3 Å². The molecule has 4 heteroatoms. The number of hydrogen-bond donors (Lipinski definition) is 1. The van der Waals surface area contributed by atoms with E-state index >= 15 is 0 Å². The van der Waals surface area contributed by atoms with E-state index in [1.807, 2.05) is 6.92 Å². The molecule has 1 amide bonds. The first kappa shape index (κ1) is 18.0. The molecular weight excluding hydrogens is 334 g/mol. The van der Waals surface area contributed by atoms with E-state index in [2.05, 4.69) is 68.2 Å². The van der Waals surface area contributed by atoms with Gasteiger partial charge in [0.05, 0.1) is 17.4 Å². The van der Waals surface area contributed by atoms with Crippen molar-refractivity contribution in [2.24, 2.45) is 5.41 Å². The molecule has 1 aromatic heterocycles. The Kier molecular flexibility index (Phi) is 4.25. The van der Waals surface area contributed by atoms with Crippen molar-refractivity contribution in [3.63, 3.8) is 0 Å². The molecule has 2 atom stereocenters. The maximum Gasteiger partial charge on any atom is 0.224 e. The van der Waals surface area contributed by atoms with Crippen molar-refractivity contribution in [2.75, 3.05) is 16.8 Å². The second kappa shape index (κ2) is 6.36. The van der Waals surface area contributed by atoms with Crippen LogP contribution in [0.15, 0.2) is 30.3 Å². The van der Waals surface area contributed by atoms with E-state index in [0.717, 1.165) is 29.3 Å². The fourth-order valence-electron chi connectivity index (χ4n) is 4.61. The van der Waals surface area contributed by atoms with Gasteiger partial charge in [-0.2, -0.15) is 0 Å². The minimum Gasteiger partial charge on any atom is -0.349 e. The molecule has 1 saturated heterocycles. The highest BCUT2D eigenvalue weighted by Gasteiger charge is 2.42. The molecule has 0 radical (unpaired) electrons. The number of carbonyl (C=O) groups is 1. The summed E-state index contributed by atoms with van der Waals surface area (Å²) < 4.78 is 0. The van der Waals surface area contributed by atoms with Gasteiger partial charge < -0.3 is 10.2 Å². The van der Waals surface area contributed by atoms with Crippen molar-refractivity contribution in [3.05, 3.63) is 52.7 Å². The second-order valence-corrected chi connectivity index (χ2v) is 9.27. The molecule has 2 aromatic rings. The molecule has 2 bridgehead atoms. The standard InChI is InChI=1S/C23H29N3O/c1-14-10-20(24-15(2)22(14)25-21(27)12-23(3,4)5)26-13-16-11-19(26)18-9-7-6-8-17(16)18/h6-10,16,19H,11-13H2,1-5H3,(H,25,27). The normalized spacial score (nSPS) is 20.7. The lowest BCUT2D eigenvalue weighted by molar-refractivity contribution is -0.117. The zero-order valence-electron chi connectivity index (χ0n) is 17.0. The number of amides is 1. The minimum atomic E-state index is -0.0263. The van der Waals surface area contributed by atoms with Crippen molar-refractivity contribution in [2.45, 2.75) is 59.4 Å². The number of aromatic nitrogens is 1. The smallest absolute Gasteiger partial charge is 0.224 e. The van der Waals surface area contributed by atoms with Crippen LogP contribution in [-0.4, -0.2) is 17.4 Å². The Morgan fingerprint density at radius 2 is 1.93 bits per heavy atom. The predicted octanol–water partition coefficient (Wildman–Crippen LogP) is 5.12. The predicted molar refractivity (Wildman–Crippen MR) is 110 cm³/mol. The van der Waals surface area contributed by atoms with E-state index in [0.29, 0.717) is 18.4 Å². The average Bonchev–Trinajstić information content (AvgIpc) is 3.16. The van der Waals surface area contributed by atoms with Crippen molar-refractivity contribution in [1.82, 2.24) is 4.98 Å². The Bertz CT molecular complexity index is 874. The number of fused-ring (bicyclic) bond motifs is 5. The van der Waals surface area contributed by atoms with Crippen molar-refractivity contribution in [3.8, 4) is 0 Å². The van der Waals surface area contributed by atoms with Gasteiger partial charge in [-0.05, 0) is 48.4 Å². The topological polar surface area (TPSA) is 45.2 Å². The van der Waals surface area contributed by atoms with Crippen LogP contribution < -0.4 is 10.2 Å². The quantitative estimate of drug-likeness (QED) is 0.823. The van der Waals surface area contributed by atoms with Crippen LogP contribution in [0.25, 0.3) is 0 Å². The summed E-state index contributed by atoms with van der Waals surface area (Å²) >= 11 is 0. The van der Waals surface area contributed by atoms with E-state index in [9.17, 15) is 4.79 Å². The summed E-state index contributed by atoms with van der Waals surface area (Å²) in [6.07, 6.45) is 1.68. The molecule has 1 aliphatic heterocycles. The summed E-state index contributed by atoms with van der Waals surface area (Å²) in [7, 11) is 0. The van der Waals surface area contributed by atoms with Gasteiger partial charge in [0.15, 0.2) is 0 Å². The molecule has 27 heavy (non-hydrogen) atoms. The molecule has 1 fully saturated rings. The summed E-state index contributed by atoms with van der Waals surface area (Å²) in [6.45, 7) is 11.3. The summed E-state index contributed by atoms with van der Waals surface area (Å²) in [4.78, 5) is 19.7. The zero-order valence-corrected chi connectivity index (χ0v) is 17.0. The van der Waals surface area contributed by atoms with E-state index in [-0.39, 0.29) is 11.3 Å². The second-order valence-electron chi connectivity index (χ2n) is 9.27. The van der Waals surface area contributed by atoms with Gasteiger partial charge in [0.1, 0.15) is 5.82 Å². The maximum absolute atomic E-state index is 12.4. The third kappa shape index (κ3) is 3.33. The third-order valence-corrected chi connectivity index (χ3v) is 5.73. The van der Waals surface area contributed by atoms with E-state index < -0.39 is 0 Å². The third-order valence-electron chi connectivity index (χ3n) is 5.73. The lowest BCUT2D eigenvalue weighted by Gasteiger charge is -2.31. The molecule has 142 valence electrons. The van der Waals surface area contributed by atoms with Gasteiger partial charge in [0, 0.05) is 18.9 Å². The highest BCUT2D eigenvalue weighted by atomic mass is 16.1. The minimum absolute atomic E-state index is 0.0263. The summed E-state index contributed by atoms with van der Waals surface area (Å²) in [6, 6.07) is 11.4. The monoisotopic (exact) mass is 363 g/mol. The van der Waals surface area contributed by atoms with E-state index in [4.69, 9.17) is 4.98 Å². The Labute approximate surface area is 162 Å². The van der Waals surface area contributed by atoms with Crippen LogP contribution in [0.3, 0.4) is 0 Å². The molecular formula is C23H29N3O. The molecule has 1 aliphatic carbocycles. The molecule has 1 aromatic carbocycles. The first-order chi connectivity index (χ1) is 12.7. The fraction of sp³-hybridized carbons (Fsp3) is 0.478. The largest absolute Gasteiger partial charge is 0.349 e. The summed E-state index contributed by atoms with van der Waals surface area (Å²) in [5, 5.41) is 3.08. The van der Waals surface area contributed by atoms with Gasteiger partial charge in [0.25, 0.3) is 0 Å². The van der Waals surface area contributed by atoms with Gasteiger partial charge in [-0.15, -0.1) is 0 Å². The van der Waals surface area contributed by atoms with Crippen molar-refractivity contribution in [1.29, 1.82) is 0 Å². The Morgan fingerprint density at radius 3 is 2.59 bits per heavy atom. The van der Waals surface area contributed by atoms with Crippen LogP contribution in [-0.2, 0) is 4.79 Å². The van der Waals surface area contributed by atoms with E-state index in [1.165, 1.54) is 17.5 Å². The van der Waals surface area contributed by atoms with Gasteiger partial charge >= 0.3 is 0 Å². The number of nitrogens with one attached hydrogen (secondary N) is 1. The maximum atomic E-state index is 12.4. The number of anilines is 2. The fourth-order valence-corrected chi connectivity index (χ4v) is 4.61. The lowest BCUT2D eigenvalue weighted by atomic mass is 9.92.